The van der Waals surface area contributed by atoms with Gasteiger partial charge in [-0.05, 0) is 79.7 Å². The standard InChI is InChI=1S/C27H35N5OS/c1-32(2)26-22-8-3-5-9-23(22)30-27(31-26)29-20-13-11-18(12-14-20)16-28-25(33)15-19-17-34-24-10-6-4-7-21(19)24/h4,6-7,10,17-18,20H,3,5,8-9,11-16H2,1-2H3,(H,28,33)(H,29,30,31). The van der Waals surface area contributed by atoms with Gasteiger partial charge in [-0.3, -0.25) is 4.79 Å². The van der Waals surface area contributed by atoms with Crippen molar-refractivity contribution in [2.45, 2.75) is 63.8 Å². The first-order chi connectivity index (χ1) is 16.6. The summed E-state index contributed by atoms with van der Waals surface area (Å²) in [5.41, 5.74) is 3.69. The van der Waals surface area contributed by atoms with E-state index in [1.165, 1.54) is 34.2 Å². The maximum atomic E-state index is 12.6. The highest BCUT2D eigenvalue weighted by molar-refractivity contribution is 7.17. The fourth-order valence-electron chi connectivity index (χ4n) is 5.37. The summed E-state index contributed by atoms with van der Waals surface area (Å²) in [6.45, 7) is 0.772. The number of nitrogens with zero attached hydrogens (tertiary/aromatic N) is 3. The van der Waals surface area contributed by atoms with E-state index in [1.54, 1.807) is 11.3 Å². The third-order valence-corrected chi connectivity index (χ3v) is 8.28. The Bertz CT molecular complexity index is 1150. The number of fused-ring (bicyclic) bond motifs is 2. The van der Waals surface area contributed by atoms with Gasteiger partial charge in [0.05, 0.1) is 12.1 Å². The Labute approximate surface area is 206 Å². The number of aromatic nitrogens is 2. The second-order valence-electron chi connectivity index (χ2n) is 10.00. The van der Waals surface area contributed by atoms with Crippen molar-refractivity contribution in [3.05, 3.63) is 46.5 Å². The van der Waals surface area contributed by atoms with Gasteiger partial charge in [0.1, 0.15) is 5.82 Å². The second-order valence-corrected chi connectivity index (χ2v) is 10.9. The molecule has 0 aliphatic heterocycles. The van der Waals surface area contributed by atoms with Crippen LogP contribution in [0.2, 0.25) is 0 Å². The lowest BCUT2D eigenvalue weighted by Crippen LogP contribution is -2.35. The van der Waals surface area contributed by atoms with Crippen LogP contribution in [0.5, 0.6) is 0 Å². The monoisotopic (exact) mass is 477 g/mol. The molecule has 1 saturated carbocycles. The molecule has 0 spiro atoms. The molecule has 2 N–H and O–H groups in total. The van der Waals surface area contributed by atoms with Gasteiger partial charge in [-0.15, -0.1) is 11.3 Å². The summed E-state index contributed by atoms with van der Waals surface area (Å²) in [5.74, 6) is 2.52. The topological polar surface area (TPSA) is 70.2 Å². The molecule has 6 nitrogen and oxygen atoms in total. The average molecular weight is 478 g/mol. The molecule has 5 rings (SSSR count). The van der Waals surface area contributed by atoms with E-state index in [0.29, 0.717) is 18.4 Å². The zero-order valence-electron chi connectivity index (χ0n) is 20.3. The predicted octanol–water partition coefficient (Wildman–Crippen LogP) is 4.97. The minimum atomic E-state index is 0.127. The van der Waals surface area contributed by atoms with Gasteiger partial charge >= 0.3 is 0 Å². The van der Waals surface area contributed by atoms with Crippen LogP contribution in [0.1, 0.15) is 55.3 Å². The van der Waals surface area contributed by atoms with Crippen molar-refractivity contribution in [1.82, 2.24) is 15.3 Å². The van der Waals surface area contributed by atoms with E-state index in [-0.39, 0.29) is 5.91 Å². The molecule has 0 saturated heterocycles. The van der Waals surface area contributed by atoms with Crippen LogP contribution < -0.4 is 15.5 Å². The predicted molar refractivity (Wildman–Crippen MR) is 141 cm³/mol. The molecular formula is C27H35N5OS. The van der Waals surface area contributed by atoms with Crippen LogP contribution in [0.3, 0.4) is 0 Å². The Morgan fingerprint density at radius 3 is 2.71 bits per heavy atom. The molecule has 2 aliphatic carbocycles. The summed E-state index contributed by atoms with van der Waals surface area (Å²) >= 11 is 1.71. The summed E-state index contributed by atoms with van der Waals surface area (Å²) in [5, 5.41) is 10.1. The van der Waals surface area contributed by atoms with Crippen molar-refractivity contribution in [2.75, 3.05) is 30.9 Å². The van der Waals surface area contributed by atoms with Gasteiger partial charge < -0.3 is 15.5 Å². The smallest absolute Gasteiger partial charge is 0.225 e. The summed E-state index contributed by atoms with van der Waals surface area (Å²) in [6.07, 6.45) is 9.47. The minimum absolute atomic E-state index is 0.127. The van der Waals surface area contributed by atoms with Gasteiger partial charge in [-0.2, -0.15) is 4.98 Å². The van der Waals surface area contributed by atoms with Crippen LogP contribution in [0.4, 0.5) is 11.8 Å². The van der Waals surface area contributed by atoms with Gasteiger partial charge in [0.25, 0.3) is 0 Å². The highest BCUT2D eigenvalue weighted by Crippen LogP contribution is 2.30. The summed E-state index contributed by atoms with van der Waals surface area (Å²) in [4.78, 5) is 24.4. The molecule has 3 aromatic rings. The zero-order valence-corrected chi connectivity index (χ0v) is 21.1. The molecule has 2 aliphatic rings. The second kappa shape index (κ2) is 10.3. The third-order valence-electron chi connectivity index (χ3n) is 7.26. The van der Waals surface area contributed by atoms with Crippen LogP contribution in [-0.4, -0.2) is 42.6 Å². The molecule has 7 heteroatoms. The van der Waals surface area contributed by atoms with E-state index in [1.807, 2.05) is 12.1 Å². The number of hydrogen-bond donors (Lipinski definition) is 2. The molecule has 0 bridgehead atoms. The Morgan fingerprint density at radius 1 is 1.09 bits per heavy atom. The maximum absolute atomic E-state index is 12.6. The SMILES string of the molecule is CN(C)c1nc(NC2CCC(CNC(=O)Cc3csc4ccccc34)CC2)nc2c1CCCC2. The Kier molecular flexibility index (Phi) is 6.99. The summed E-state index contributed by atoms with van der Waals surface area (Å²) in [7, 11) is 4.14. The first kappa shape index (κ1) is 23.1. The Morgan fingerprint density at radius 2 is 1.88 bits per heavy atom. The molecule has 1 fully saturated rings. The molecule has 0 atom stereocenters. The van der Waals surface area contributed by atoms with E-state index in [2.05, 4.69) is 47.1 Å². The molecule has 0 unspecified atom stereocenters. The molecule has 0 radical (unpaired) electrons. The Balaban J connectivity index is 1.11. The lowest BCUT2D eigenvalue weighted by Gasteiger charge is -2.30. The van der Waals surface area contributed by atoms with E-state index in [9.17, 15) is 4.79 Å². The molecule has 2 heterocycles. The number of thiophene rings is 1. The Hall–Kier alpha value is -2.67. The lowest BCUT2D eigenvalue weighted by atomic mass is 9.86. The average Bonchev–Trinajstić information content (AvgIpc) is 3.26. The van der Waals surface area contributed by atoms with Crippen molar-refractivity contribution in [3.63, 3.8) is 0 Å². The van der Waals surface area contributed by atoms with E-state index < -0.39 is 0 Å². The number of nitrogens with one attached hydrogen (secondary N) is 2. The van der Waals surface area contributed by atoms with Crippen LogP contribution in [0.15, 0.2) is 29.6 Å². The number of hydrogen-bond acceptors (Lipinski definition) is 6. The highest BCUT2D eigenvalue weighted by Gasteiger charge is 2.24. The number of anilines is 2. The number of amides is 1. The summed E-state index contributed by atoms with van der Waals surface area (Å²) < 4.78 is 1.25. The van der Waals surface area contributed by atoms with Crippen LogP contribution in [-0.2, 0) is 24.1 Å². The lowest BCUT2D eigenvalue weighted by molar-refractivity contribution is -0.120. The first-order valence-corrected chi connectivity index (χ1v) is 13.5. The van der Waals surface area contributed by atoms with E-state index >= 15 is 0 Å². The largest absolute Gasteiger partial charge is 0.362 e. The number of rotatable bonds is 7. The highest BCUT2D eigenvalue weighted by atomic mass is 32.1. The quantitative estimate of drug-likeness (QED) is 0.503. The van der Waals surface area contributed by atoms with Crippen molar-refractivity contribution < 1.29 is 4.79 Å². The molecule has 2 aromatic heterocycles. The normalized spacial score (nSPS) is 20.1. The first-order valence-electron chi connectivity index (χ1n) is 12.6. The van der Waals surface area contributed by atoms with Crippen molar-refractivity contribution in [3.8, 4) is 0 Å². The van der Waals surface area contributed by atoms with Crippen molar-refractivity contribution in [1.29, 1.82) is 0 Å². The fourth-order valence-corrected chi connectivity index (χ4v) is 6.33. The number of benzene rings is 1. The molecular weight excluding hydrogens is 442 g/mol. The van der Waals surface area contributed by atoms with Crippen molar-refractivity contribution in [2.24, 2.45) is 5.92 Å². The van der Waals surface area contributed by atoms with Gasteiger partial charge in [0, 0.05) is 36.9 Å². The number of carbonyl (C=O) groups excluding carboxylic acids is 1. The fraction of sp³-hybridized carbons (Fsp3) is 0.519. The van der Waals surface area contributed by atoms with Crippen LogP contribution in [0, 0.1) is 5.92 Å². The number of carbonyl (C=O) groups is 1. The van der Waals surface area contributed by atoms with Gasteiger partial charge in [0.15, 0.2) is 0 Å². The summed E-state index contributed by atoms with van der Waals surface area (Å²) in [6, 6.07) is 8.72. The molecule has 180 valence electrons. The van der Waals surface area contributed by atoms with Gasteiger partial charge in [-0.25, -0.2) is 4.98 Å². The molecule has 1 aromatic carbocycles. The zero-order chi connectivity index (χ0) is 23.5. The van der Waals surface area contributed by atoms with Crippen molar-refractivity contribution >= 4 is 39.1 Å². The maximum Gasteiger partial charge on any atom is 0.225 e. The number of aryl methyl sites for hydroxylation is 1. The molecule has 1 amide bonds. The van der Waals surface area contributed by atoms with Gasteiger partial charge in [-0.1, -0.05) is 18.2 Å². The third kappa shape index (κ3) is 5.19. The van der Waals surface area contributed by atoms with Gasteiger partial charge in [0.2, 0.25) is 11.9 Å². The molecule has 34 heavy (non-hydrogen) atoms. The van der Waals surface area contributed by atoms with Crippen LogP contribution >= 0.6 is 11.3 Å². The van der Waals surface area contributed by atoms with E-state index in [0.717, 1.165) is 62.4 Å². The minimum Gasteiger partial charge on any atom is -0.362 e. The van der Waals surface area contributed by atoms with E-state index in [4.69, 9.17) is 9.97 Å². The van der Waals surface area contributed by atoms with Crippen LogP contribution in [0.25, 0.3) is 10.1 Å².